The zero-order valence-electron chi connectivity index (χ0n) is 6.71. The van der Waals surface area contributed by atoms with Crippen molar-refractivity contribution in [1.82, 2.24) is 5.32 Å². The number of hydrogen-bond acceptors (Lipinski definition) is 1. The predicted molar refractivity (Wildman–Crippen MR) is 50.6 cm³/mol. The average Bonchev–Trinajstić information content (AvgIpc) is 2.07. The monoisotopic (exact) mass is 215 g/mol. The molecule has 2 heteroatoms. The molecule has 0 unspecified atom stereocenters. The Balaban J connectivity index is 2.28. The van der Waals surface area contributed by atoms with Gasteiger partial charge in [-0.05, 0) is 0 Å². The number of benzene rings is 1. The summed E-state index contributed by atoms with van der Waals surface area (Å²) in [6.45, 7) is 1.13. The molecule has 0 aliphatic rings. The van der Waals surface area contributed by atoms with E-state index in [9.17, 15) is 0 Å². The third-order valence-corrected chi connectivity index (χ3v) is 3.49. The molecule has 1 N–H and O–H groups in total. The van der Waals surface area contributed by atoms with Crippen LogP contribution in [0.1, 0.15) is 0 Å². The molecule has 0 aromatic heterocycles. The third-order valence-electron chi connectivity index (χ3n) is 1.36. The summed E-state index contributed by atoms with van der Waals surface area (Å²) in [6.07, 6.45) is 0. The minimum absolute atomic E-state index is 0.657. The zero-order valence-corrected chi connectivity index (χ0v) is 8.42. The molecule has 1 aromatic rings. The van der Waals surface area contributed by atoms with Crippen molar-refractivity contribution in [3.05, 3.63) is 30.3 Å². The topological polar surface area (TPSA) is 12.0 Å². The van der Waals surface area contributed by atoms with Crippen molar-refractivity contribution in [2.24, 2.45) is 0 Å². The van der Waals surface area contributed by atoms with Crippen molar-refractivity contribution in [2.75, 3.05) is 13.6 Å². The standard InChI is InChI=1S/C9H13NSe/c1-10-7-8-11-9-5-3-2-4-6-9/h2-6,10H,7-8H2,1H3. The Kier molecular flexibility index (Phi) is 4.29. The molecule has 0 bridgehead atoms. The molecule has 0 spiro atoms. The van der Waals surface area contributed by atoms with Crippen molar-refractivity contribution in [3.8, 4) is 0 Å². The van der Waals surface area contributed by atoms with E-state index in [0.717, 1.165) is 6.54 Å². The van der Waals surface area contributed by atoms with Gasteiger partial charge in [0, 0.05) is 0 Å². The molecule has 0 amide bonds. The molecule has 0 fully saturated rings. The van der Waals surface area contributed by atoms with E-state index in [1.165, 1.54) is 9.78 Å². The maximum absolute atomic E-state index is 3.15. The molecule has 0 aliphatic carbocycles. The van der Waals surface area contributed by atoms with Crippen LogP contribution in [0.5, 0.6) is 0 Å². The summed E-state index contributed by atoms with van der Waals surface area (Å²) in [7, 11) is 2.00. The molecule has 0 aliphatic heterocycles. The van der Waals surface area contributed by atoms with Crippen molar-refractivity contribution in [2.45, 2.75) is 5.32 Å². The Morgan fingerprint density at radius 3 is 2.64 bits per heavy atom. The van der Waals surface area contributed by atoms with E-state index >= 15 is 0 Å². The number of nitrogens with one attached hydrogen (secondary N) is 1. The summed E-state index contributed by atoms with van der Waals surface area (Å²) >= 11 is 0.657. The van der Waals surface area contributed by atoms with Gasteiger partial charge >= 0.3 is 74.0 Å². The summed E-state index contributed by atoms with van der Waals surface area (Å²) < 4.78 is 1.50. The van der Waals surface area contributed by atoms with Gasteiger partial charge in [-0.2, -0.15) is 0 Å². The first-order valence-corrected chi connectivity index (χ1v) is 5.82. The summed E-state index contributed by atoms with van der Waals surface area (Å²) in [5, 5.41) is 4.44. The van der Waals surface area contributed by atoms with Gasteiger partial charge in [0.2, 0.25) is 0 Å². The Labute approximate surface area is 74.4 Å². The molecule has 0 radical (unpaired) electrons. The molecular weight excluding hydrogens is 201 g/mol. The molecule has 0 saturated heterocycles. The second kappa shape index (κ2) is 5.36. The van der Waals surface area contributed by atoms with Gasteiger partial charge in [-0.15, -0.1) is 0 Å². The van der Waals surface area contributed by atoms with Crippen LogP contribution in [-0.2, 0) is 0 Å². The summed E-state index contributed by atoms with van der Waals surface area (Å²) in [4.78, 5) is 0. The van der Waals surface area contributed by atoms with Crippen LogP contribution in [0.2, 0.25) is 5.32 Å². The number of rotatable bonds is 4. The zero-order chi connectivity index (χ0) is 7.94. The first-order valence-electron chi connectivity index (χ1n) is 3.76. The Bertz CT molecular complexity index is 186. The molecule has 0 saturated carbocycles. The fourth-order valence-electron chi connectivity index (χ4n) is 0.788. The van der Waals surface area contributed by atoms with Crippen LogP contribution in [0.25, 0.3) is 0 Å². The van der Waals surface area contributed by atoms with Crippen LogP contribution in [0.15, 0.2) is 30.3 Å². The first-order chi connectivity index (χ1) is 5.43. The van der Waals surface area contributed by atoms with Gasteiger partial charge in [-0.1, -0.05) is 0 Å². The van der Waals surface area contributed by atoms with E-state index in [2.05, 4.69) is 35.6 Å². The molecule has 0 heterocycles. The molecule has 11 heavy (non-hydrogen) atoms. The predicted octanol–water partition coefficient (Wildman–Crippen LogP) is 0.654. The van der Waals surface area contributed by atoms with E-state index < -0.39 is 0 Å². The van der Waals surface area contributed by atoms with Crippen LogP contribution in [-0.4, -0.2) is 28.5 Å². The summed E-state index contributed by atoms with van der Waals surface area (Å²) in [6, 6.07) is 10.7. The van der Waals surface area contributed by atoms with Crippen molar-refractivity contribution in [3.63, 3.8) is 0 Å². The molecule has 1 aromatic carbocycles. The number of hydrogen-bond donors (Lipinski definition) is 1. The van der Waals surface area contributed by atoms with Crippen molar-refractivity contribution >= 4 is 19.4 Å². The van der Waals surface area contributed by atoms with Crippen LogP contribution in [0.3, 0.4) is 0 Å². The molecule has 0 atom stereocenters. The van der Waals surface area contributed by atoms with Gasteiger partial charge in [0.25, 0.3) is 0 Å². The summed E-state index contributed by atoms with van der Waals surface area (Å²) in [5.41, 5.74) is 0. The van der Waals surface area contributed by atoms with Gasteiger partial charge in [-0.25, -0.2) is 0 Å². The molecule has 60 valence electrons. The minimum atomic E-state index is 0.657. The van der Waals surface area contributed by atoms with E-state index in [1.807, 2.05) is 7.05 Å². The van der Waals surface area contributed by atoms with Crippen molar-refractivity contribution < 1.29 is 0 Å². The van der Waals surface area contributed by atoms with Gasteiger partial charge in [0.05, 0.1) is 0 Å². The van der Waals surface area contributed by atoms with Crippen LogP contribution >= 0.6 is 0 Å². The van der Waals surface area contributed by atoms with Crippen molar-refractivity contribution in [1.29, 1.82) is 0 Å². The Hall–Kier alpha value is -0.301. The fraction of sp³-hybridized carbons (Fsp3) is 0.333. The van der Waals surface area contributed by atoms with E-state index in [0.29, 0.717) is 15.0 Å². The first kappa shape index (κ1) is 8.79. The van der Waals surface area contributed by atoms with Gasteiger partial charge in [-0.3, -0.25) is 0 Å². The Morgan fingerprint density at radius 2 is 2.00 bits per heavy atom. The van der Waals surface area contributed by atoms with Gasteiger partial charge in [0.15, 0.2) is 0 Å². The Morgan fingerprint density at radius 1 is 1.27 bits per heavy atom. The molecule has 1 rings (SSSR count). The second-order valence-electron chi connectivity index (χ2n) is 2.27. The average molecular weight is 214 g/mol. The van der Waals surface area contributed by atoms with Gasteiger partial charge < -0.3 is 0 Å². The van der Waals surface area contributed by atoms with E-state index in [1.54, 1.807) is 0 Å². The van der Waals surface area contributed by atoms with E-state index in [-0.39, 0.29) is 0 Å². The molecule has 1 nitrogen and oxygen atoms in total. The normalized spacial score (nSPS) is 9.91. The molecular formula is C9H13NSe. The quantitative estimate of drug-likeness (QED) is 0.573. The van der Waals surface area contributed by atoms with Crippen LogP contribution in [0.4, 0.5) is 0 Å². The SMILES string of the molecule is CNCC[Se]c1ccccc1. The summed E-state index contributed by atoms with van der Waals surface area (Å²) in [5.74, 6) is 0. The van der Waals surface area contributed by atoms with Crippen LogP contribution in [0, 0.1) is 0 Å². The van der Waals surface area contributed by atoms with Crippen LogP contribution < -0.4 is 9.78 Å². The van der Waals surface area contributed by atoms with E-state index in [4.69, 9.17) is 0 Å². The second-order valence-corrected chi connectivity index (χ2v) is 4.72. The fourth-order valence-corrected chi connectivity index (χ4v) is 2.66. The third kappa shape index (κ3) is 3.57. The van der Waals surface area contributed by atoms with Gasteiger partial charge in [0.1, 0.15) is 0 Å². The maximum atomic E-state index is 3.15.